The molecule has 0 spiro atoms. The monoisotopic (exact) mass is 319 g/mol. The van der Waals surface area contributed by atoms with E-state index in [-0.39, 0.29) is 10.8 Å². The van der Waals surface area contributed by atoms with E-state index in [0.717, 1.165) is 11.3 Å². The summed E-state index contributed by atoms with van der Waals surface area (Å²) in [7, 11) is 3.01. The number of nitrogens with zero attached hydrogens (tertiary/aromatic N) is 1. The van der Waals surface area contributed by atoms with Crippen LogP contribution in [-0.2, 0) is 0 Å². The molecule has 1 heterocycles. The molecule has 1 aromatic heterocycles. The largest absolute Gasteiger partial charge is 0.493 e. The first-order valence-electron chi connectivity index (χ1n) is 6.24. The van der Waals surface area contributed by atoms with Crippen molar-refractivity contribution in [2.45, 2.75) is 0 Å². The Labute approximate surface area is 130 Å². The molecule has 0 bridgehead atoms. The van der Waals surface area contributed by atoms with Crippen molar-refractivity contribution >= 4 is 28.2 Å². The first kappa shape index (κ1) is 15.7. The van der Waals surface area contributed by atoms with Crippen LogP contribution in [-0.4, -0.2) is 24.9 Å². The van der Waals surface area contributed by atoms with Crippen LogP contribution in [0.5, 0.6) is 11.5 Å². The summed E-state index contributed by atoms with van der Waals surface area (Å²) in [6.45, 7) is 0. The van der Waals surface area contributed by atoms with Gasteiger partial charge in [-0.3, -0.25) is 14.9 Å². The van der Waals surface area contributed by atoms with E-state index in [0.29, 0.717) is 21.9 Å². The zero-order valence-corrected chi connectivity index (χ0v) is 12.8. The molecule has 1 aromatic carbocycles. The number of ether oxygens (including phenoxy) is 2. The first-order chi connectivity index (χ1) is 10.5. The van der Waals surface area contributed by atoms with E-state index in [1.165, 1.54) is 26.4 Å². The average Bonchev–Trinajstić information content (AvgIpc) is 3.01. The van der Waals surface area contributed by atoms with Crippen LogP contribution >= 0.6 is 11.3 Å². The second-order valence-corrected chi connectivity index (χ2v) is 5.29. The molecule has 0 aliphatic carbocycles. The minimum absolute atomic E-state index is 0.0400. The Kier molecular flexibility index (Phi) is 4.90. The molecule has 0 unspecified atom stereocenters. The number of carbonyl (C=O) groups is 1. The molecular weight excluding hydrogens is 306 g/mol. The zero-order chi connectivity index (χ0) is 16.1. The van der Waals surface area contributed by atoms with Gasteiger partial charge in [-0.1, -0.05) is 11.3 Å². The third kappa shape index (κ3) is 3.50. The fourth-order valence-corrected chi connectivity index (χ4v) is 2.50. The number of thiophene rings is 1. The van der Waals surface area contributed by atoms with Crippen molar-refractivity contribution in [2.75, 3.05) is 14.2 Å². The second-order valence-electron chi connectivity index (χ2n) is 4.20. The van der Waals surface area contributed by atoms with Gasteiger partial charge in [-0.25, -0.2) is 0 Å². The molecule has 2 aromatic rings. The maximum absolute atomic E-state index is 12.1. The van der Waals surface area contributed by atoms with E-state index in [1.54, 1.807) is 30.3 Å². The van der Waals surface area contributed by atoms with Gasteiger partial charge in [0.25, 0.3) is 0 Å². The Morgan fingerprint density at radius 3 is 2.50 bits per heavy atom. The first-order valence-corrected chi connectivity index (χ1v) is 7.05. The minimum atomic E-state index is -0.460. The summed E-state index contributed by atoms with van der Waals surface area (Å²) in [5, 5.41) is 10.6. The maximum Gasteiger partial charge on any atom is 0.324 e. The molecule has 0 amide bonds. The minimum Gasteiger partial charge on any atom is -0.493 e. The van der Waals surface area contributed by atoms with E-state index in [1.807, 2.05) is 0 Å². The van der Waals surface area contributed by atoms with Gasteiger partial charge in [0.15, 0.2) is 17.3 Å². The van der Waals surface area contributed by atoms with E-state index in [9.17, 15) is 14.9 Å². The average molecular weight is 319 g/mol. The smallest absolute Gasteiger partial charge is 0.324 e. The molecule has 0 saturated carbocycles. The highest BCUT2D eigenvalue weighted by atomic mass is 32.1. The number of rotatable bonds is 6. The lowest BCUT2D eigenvalue weighted by Crippen LogP contribution is -1.97. The van der Waals surface area contributed by atoms with Crippen LogP contribution < -0.4 is 9.47 Å². The fourth-order valence-electron chi connectivity index (χ4n) is 1.77. The van der Waals surface area contributed by atoms with Gasteiger partial charge in [0, 0.05) is 16.5 Å². The molecule has 114 valence electrons. The van der Waals surface area contributed by atoms with Crippen LogP contribution in [0.4, 0.5) is 5.00 Å². The number of methoxy groups -OCH3 is 2. The van der Waals surface area contributed by atoms with Crippen molar-refractivity contribution in [3.05, 3.63) is 57.0 Å². The maximum atomic E-state index is 12.1. The standard InChI is InChI=1S/C15H13NO5S/c1-20-13-7-3-10(9-14(13)21-2)12(17)6-4-11-5-8-15(22-11)16(18)19/h3-9H,1-2H3. The fraction of sp³-hybridized carbons (Fsp3) is 0.133. The van der Waals surface area contributed by atoms with Gasteiger partial charge in [-0.05, 0) is 36.4 Å². The van der Waals surface area contributed by atoms with Gasteiger partial charge >= 0.3 is 5.00 Å². The molecule has 0 saturated heterocycles. The van der Waals surface area contributed by atoms with Crippen LogP contribution in [0.25, 0.3) is 6.08 Å². The summed E-state index contributed by atoms with van der Waals surface area (Å²) >= 11 is 1.01. The lowest BCUT2D eigenvalue weighted by atomic mass is 10.1. The molecule has 7 heteroatoms. The van der Waals surface area contributed by atoms with Crippen LogP contribution in [0, 0.1) is 10.1 Å². The highest BCUT2D eigenvalue weighted by Crippen LogP contribution is 2.28. The Morgan fingerprint density at radius 1 is 1.18 bits per heavy atom. The Hall–Kier alpha value is -2.67. The van der Waals surface area contributed by atoms with Gasteiger partial charge in [0.1, 0.15) is 0 Å². The van der Waals surface area contributed by atoms with Gasteiger partial charge in [-0.2, -0.15) is 0 Å². The molecule has 2 rings (SSSR count). The third-order valence-electron chi connectivity index (χ3n) is 2.86. The number of allylic oxidation sites excluding steroid dienone is 1. The van der Waals surface area contributed by atoms with Crippen molar-refractivity contribution in [2.24, 2.45) is 0 Å². The molecule has 0 radical (unpaired) electrons. The molecular formula is C15H13NO5S. The van der Waals surface area contributed by atoms with E-state index >= 15 is 0 Å². The summed E-state index contributed by atoms with van der Waals surface area (Å²) in [6, 6.07) is 7.87. The normalized spacial score (nSPS) is 10.6. The van der Waals surface area contributed by atoms with Gasteiger partial charge in [-0.15, -0.1) is 0 Å². The highest BCUT2D eigenvalue weighted by Gasteiger charge is 2.10. The Balaban J connectivity index is 2.17. The third-order valence-corrected chi connectivity index (χ3v) is 3.86. The topological polar surface area (TPSA) is 78.7 Å². The molecule has 0 aliphatic rings. The lowest BCUT2D eigenvalue weighted by molar-refractivity contribution is -0.380. The zero-order valence-electron chi connectivity index (χ0n) is 11.9. The van der Waals surface area contributed by atoms with Crippen LogP contribution in [0.2, 0.25) is 0 Å². The van der Waals surface area contributed by atoms with Crippen LogP contribution in [0.1, 0.15) is 15.2 Å². The van der Waals surface area contributed by atoms with Crippen LogP contribution in [0.3, 0.4) is 0 Å². The van der Waals surface area contributed by atoms with Gasteiger partial charge in [0.2, 0.25) is 0 Å². The van der Waals surface area contributed by atoms with Crippen molar-refractivity contribution in [3.8, 4) is 11.5 Å². The molecule has 0 fully saturated rings. The number of hydrogen-bond acceptors (Lipinski definition) is 6. The number of carbonyl (C=O) groups excluding carboxylic acids is 1. The SMILES string of the molecule is COc1ccc(C(=O)C=Cc2ccc([N+](=O)[O-])s2)cc1OC. The van der Waals surface area contributed by atoms with Crippen LogP contribution in [0.15, 0.2) is 36.4 Å². The van der Waals surface area contributed by atoms with E-state index in [2.05, 4.69) is 0 Å². The quantitative estimate of drug-likeness (QED) is 0.352. The summed E-state index contributed by atoms with van der Waals surface area (Å²) in [6.07, 6.45) is 2.92. The molecule has 0 N–H and O–H groups in total. The second kappa shape index (κ2) is 6.86. The Morgan fingerprint density at radius 2 is 1.91 bits per heavy atom. The predicted octanol–water partition coefficient (Wildman–Crippen LogP) is 3.57. The van der Waals surface area contributed by atoms with E-state index < -0.39 is 4.92 Å². The molecule has 6 nitrogen and oxygen atoms in total. The Bertz CT molecular complexity index is 735. The van der Waals surface area contributed by atoms with Crippen molar-refractivity contribution < 1.29 is 19.2 Å². The predicted molar refractivity (Wildman–Crippen MR) is 83.9 cm³/mol. The number of ketones is 1. The lowest BCUT2D eigenvalue weighted by Gasteiger charge is -2.07. The summed E-state index contributed by atoms with van der Waals surface area (Å²) < 4.78 is 10.3. The van der Waals surface area contributed by atoms with Crippen molar-refractivity contribution in [3.63, 3.8) is 0 Å². The van der Waals surface area contributed by atoms with E-state index in [4.69, 9.17) is 9.47 Å². The number of nitro groups is 1. The van der Waals surface area contributed by atoms with Gasteiger partial charge < -0.3 is 9.47 Å². The summed E-state index contributed by atoms with van der Waals surface area (Å²) in [5.41, 5.74) is 0.444. The molecule has 22 heavy (non-hydrogen) atoms. The summed E-state index contributed by atoms with van der Waals surface area (Å²) in [5.74, 6) is 0.780. The number of hydrogen-bond donors (Lipinski definition) is 0. The van der Waals surface area contributed by atoms with Crippen molar-refractivity contribution in [1.82, 2.24) is 0 Å². The highest BCUT2D eigenvalue weighted by molar-refractivity contribution is 7.16. The molecule has 0 aliphatic heterocycles. The molecule has 0 atom stereocenters. The summed E-state index contributed by atoms with van der Waals surface area (Å²) in [4.78, 5) is 22.9. The van der Waals surface area contributed by atoms with Gasteiger partial charge in [0.05, 0.1) is 19.1 Å². The number of benzene rings is 1. The van der Waals surface area contributed by atoms with Crippen molar-refractivity contribution in [1.29, 1.82) is 0 Å².